The van der Waals surface area contributed by atoms with E-state index in [1.165, 1.54) is 0 Å². The van der Waals surface area contributed by atoms with Gasteiger partial charge in [-0.2, -0.15) is 0 Å². The number of hydrogen-bond donors (Lipinski definition) is 1. The molecule has 0 aromatic rings. The highest BCUT2D eigenvalue weighted by Crippen LogP contribution is 2.01. The average Bonchev–Trinajstić information content (AvgIpc) is 2.03. The average molecular weight is 167 g/mol. The van der Waals surface area contributed by atoms with Gasteiger partial charge in [0, 0.05) is 12.1 Å². The first-order valence-corrected chi connectivity index (χ1v) is 4.21. The monoisotopic (exact) mass is 167 g/mol. The normalized spacial score (nSPS) is 10.0. The molecule has 0 aliphatic rings. The molecule has 0 heterocycles. The summed E-state index contributed by atoms with van der Waals surface area (Å²) in [5.41, 5.74) is 2.03. The van der Waals surface area contributed by atoms with Gasteiger partial charge >= 0.3 is 0 Å². The summed E-state index contributed by atoms with van der Waals surface area (Å²) < 4.78 is 0. The summed E-state index contributed by atoms with van der Waals surface area (Å²) in [7, 11) is 0. The Hall–Kier alpha value is -1.05. The largest absolute Gasteiger partial charge is 0.326 e. The zero-order valence-electron chi connectivity index (χ0n) is 8.27. The lowest BCUT2D eigenvalue weighted by molar-refractivity contribution is -0.120. The van der Waals surface area contributed by atoms with Crippen LogP contribution < -0.4 is 5.32 Å². The zero-order valence-corrected chi connectivity index (χ0v) is 8.27. The highest BCUT2D eigenvalue weighted by molar-refractivity contribution is 5.78. The van der Waals surface area contributed by atoms with Crippen LogP contribution in [0, 0.1) is 0 Å². The predicted molar refractivity (Wildman–Crippen MR) is 51.6 cm³/mol. The molecule has 1 amide bonds. The van der Waals surface area contributed by atoms with Crippen molar-refractivity contribution in [2.75, 3.05) is 0 Å². The van der Waals surface area contributed by atoms with Crippen LogP contribution in [-0.2, 0) is 4.79 Å². The molecule has 2 nitrogen and oxygen atoms in total. The maximum absolute atomic E-state index is 11.0. The summed E-state index contributed by atoms with van der Waals surface area (Å²) in [6, 6.07) is 0. The molecule has 12 heavy (non-hydrogen) atoms. The smallest absolute Gasteiger partial charge is 0.224 e. The van der Waals surface area contributed by atoms with Crippen molar-refractivity contribution in [2.24, 2.45) is 0 Å². The van der Waals surface area contributed by atoms with Crippen LogP contribution in [-0.4, -0.2) is 5.91 Å². The van der Waals surface area contributed by atoms with Crippen molar-refractivity contribution < 1.29 is 4.79 Å². The van der Waals surface area contributed by atoms with Gasteiger partial charge in [0.1, 0.15) is 0 Å². The molecule has 0 rings (SSSR count). The van der Waals surface area contributed by atoms with Gasteiger partial charge in [0.2, 0.25) is 5.91 Å². The number of rotatable bonds is 3. The lowest BCUT2D eigenvalue weighted by Gasteiger charge is -2.05. The first-order valence-electron chi connectivity index (χ1n) is 4.21. The van der Waals surface area contributed by atoms with Crippen LogP contribution in [0.4, 0.5) is 0 Å². The summed E-state index contributed by atoms with van der Waals surface area (Å²) >= 11 is 0. The third-order valence-electron chi connectivity index (χ3n) is 1.47. The molecule has 68 valence electrons. The molecule has 0 atom stereocenters. The van der Waals surface area contributed by atoms with Crippen molar-refractivity contribution >= 4 is 5.91 Å². The van der Waals surface area contributed by atoms with Crippen LogP contribution in [0.1, 0.15) is 34.1 Å². The minimum Gasteiger partial charge on any atom is -0.326 e. The van der Waals surface area contributed by atoms with E-state index in [4.69, 9.17) is 0 Å². The topological polar surface area (TPSA) is 29.1 Å². The molecule has 0 radical (unpaired) electrons. The first kappa shape index (κ1) is 11.0. The second-order valence-corrected chi connectivity index (χ2v) is 2.82. The Balaban J connectivity index is 4.36. The van der Waals surface area contributed by atoms with Crippen LogP contribution in [0.25, 0.3) is 0 Å². The predicted octanol–water partition coefficient (Wildman–Crippen LogP) is 2.38. The molecule has 1 N–H and O–H groups in total. The number of allylic oxidation sites excluding steroid dienone is 3. The molecule has 0 saturated carbocycles. The Morgan fingerprint density at radius 3 is 2.33 bits per heavy atom. The number of carbonyl (C=O) groups is 1. The van der Waals surface area contributed by atoms with E-state index < -0.39 is 0 Å². The second kappa shape index (κ2) is 5.58. The van der Waals surface area contributed by atoms with Gasteiger partial charge in [-0.3, -0.25) is 4.79 Å². The number of amides is 1. The first-order chi connectivity index (χ1) is 5.61. The fraction of sp³-hybridized carbons (Fsp3) is 0.500. The van der Waals surface area contributed by atoms with Crippen molar-refractivity contribution in [2.45, 2.75) is 34.1 Å². The highest BCUT2D eigenvalue weighted by atomic mass is 16.1. The summed E-state index contributed by atoms with van der Waals surface area (Å²) in [6.07, 6.45) is 4.34. The molecule has 0 aliphatic heterocycles. The molecule has 0 aromatic heterocycles. The Labute approximate surface area is 74.4 Å². The molecular weight excluding hydrogens is 150 g/mol. The number of carbonyl (C=O) groups excluding carboxylic acids is 1. The van der Waals surface area contributed by atoms with Crippen molar-refractivity contribution in [1.82, 2.24) is 5.32 Å². The lowest BCUT2D eigenvalue weighted by Crippen LogP contribution is -2.21. The zero-order chi connectivity index (χ0) is 9.56. The Bertz CT molecular complexity index is 210. The lowest BCUT2D eigenvalue weighted by atomic mass is 10.2. The van der Waals surface area contributed by atoms with Gasteiger partial charge < -0.3 is 5.32 Å². The van der Waals surface area contributed by atoms with Crippen LogP contribution >= 0.6 is 0 Å². The quantitative estimate of drug-likeness (QED) is 0.642. The van der Waals surface area contributed by atoms with Gasteiger partial charge in [0.05, 0.1) is 0 Å². The van der Waals surface area contributed by atoms with E-state index in [1.54, 1.807) is 0 Å². The summed E-state index contributed by atoms with van der Waals surface area (Å²) in [5, 5.41) is 2.82. The highest BCUT2D eigenvalue weighted by Gasteiger charge is 1.99. The number of nitrogens with one attached hydrogen (secondary N) is 1. The Morgan fingerprint density at radius 2 is 2.00 bits per heavy atom. The van der Waals surface area contributed by atoms with Crippen molar-refractivity contribution in [3.8, 4) is 0 Å². The molecule has 0 saturated heterocycles. The maximum Gasteiger partial charge on any atom is 0.224 e. The van der Waals surface area contributed by atoms with E-state index in [2.05, 4.69) is 5.32 Å². The minimum absolute atomic E-state index is 0.0595. The Morgan fingerprint density at radius 1 is 1.42 bits per heavy atom. The molecule has 0 spiro atoms. The summed E-state index contributed by atoms with van der Waals surface area (Å²) in [4.78, 5) is 11.0. The molecule has 0 fully saturated rings. The molecule has 0 bridgehead atoms. The third-order valence-corrected chi connectivity index (χ3v) is 1.47. The van der Waals surface area contributed by atoms with Gasteiger partial charge in [-0.15, -0.1) is 0 Å². The molecule has 0 aromatic carbocycles. The second-order valence-electron chi connectivity index (χ2n) is 2.82. The standard InChI is InChI=1S/C10H17NO/c1-5-7-9(8(3)4)11-10(12)6-2/h5,7H,6H2,1-4H3,(H,11,12)/b7-5-. The molecule has 0 unspecified atom stereocenters. The fourth-order valence-corrected chi connectivity index (χ4v) is 0.739. The molecule has 0 aliphatic carbocycles. The van der Waals surface area contributed by atoms with E-state index in [9.17, 15) is 4.79 Å². The molecule has 2 heteroatoms. The van der Waals surface area contributed by atoms with Crippen LogP contribution in [0.15, 0.2) is 23.4 Å². The summed E-state index contributed by atoms with van der Waals surface area (Å²) in [6.45, 7) is 7.73. The van der Waals surface area contributed by atoms with Crippen LogP contribution in [0.3, 0.4) is 0 Å². The Kier molecular flexibility index (Phi) is 5.09. The van der Waals surface area contributed by atoms with Gasteiger partial charge in [-0.05, 0) is 26.8 Å². The van der Waals surface area contributed by atoms with Crippen molar-refractivity contribution in [3.63, 3.8) is 0 Å². The van der Waals surface area contributed by atoms with Crippen LogP contribution in [0.2, 0.25) is 0 Å². The van der Waals surface area contributed by atoms with E-state index in [0.717, 1.165) is 11.3 Å². The minimum atomic E-state index is 0.0595. The van der Waals surface area contributed by atoms with Crippen LogP contribution in [0.5, 0.6) is 0 Å². The van der Waals surface area contributed by atoms with Crippen molar-refractivity contribution in [1.29, 1.82) is 0 Å². The summed E-state index contributed by atoms with van der Waals surface area (Å²) in [5.74, 6) is 0.0595. The van der Waals surface area contributed by atoms with E-state index in [1.807, 2.05) is 39.8 Å². The third kappa shape index (κ3) is 3.96. The fourth-order valence-electron chi connectivity index (χ4n) is 0.739. The van der Waals surface area contributed by atoms with E-state index in [0.29, 0.717) is 6.42 Å². The molecular formula is C10H17NO. The van der Waals surface area contributed by atoms with E-state index in [-0.39, 0.29) is 5.91 Å². The van der Waals surface area contributed by atoms with Gasteiger partial charge in [-0.25, -0.2) is 0 Å². The number of hydrogen-bond acceptors (Lipinski definition) is 1. The maximum atomic E-state index is 11.0. The van der Waals surface area contributed by atoms with Gasteiger partial charge in [-0.1, -0.05) is 18.6 Å². The van der Waals surface area contributed by atoms with E-state index >= 15 is 0 Å². The van der Waals surface area contributed by atoms with Crippen molar-refractivity contribution in [3.05, 3.63) is 23.4 Å². The van der Waals surface area contributed by atoms with Gasteiger partial charge in [0.15, 0.2) is 0 Å². The van der Waals surface area contributed by atoms with Gasteiger partial charge in [0.25, 0.3) is 0 Å². The SMILES string of the molecule is C/C=C\C(NC(=O)CC)=C(C)C.